The highest BCUT2D eigenvalue weighted by molar-refractivity contribution is 7.27. The highest BCUT2D eigenvalue weighted by Crippen LogP contribution is 2.57. The van der Waals surface area contributed by atoms with E-state index < -0.39 is 0 Å². The van der Waals surface area contributed by atoms with Gasteiger partial charge in [0.15, 0.2) is 0 Å². The molecule has 7 aromatic carbocycles. The lowest BCUT2D eigenvalue weighted by atomic mass is 9.43. The third kappa shape index (κ3) is 5.20. The lowest BCUT2D eigenvalue weighted by Crippen LogP contribution is -2.60. The lowest BCUT2D eigenvalue weighted by molar-refractivity contribution is 0.332. The maximum Gasteiger partial charge on any atom is 0.333 e. The second kappa shape index (κ2) is 12.7. The molecule has 0 radical (unpaired) electrons. The van der Waals surface area contributed by atoms with Gasteiger partial charge in [0.1, 0.15) is 11.2 Å². The molecule has 0 N–H and O–H groups in total. The quantitative estimate of drug-likeness (QED) is 0.153. The van der Waals surface area contributed by atoms with Crippen molar-refractivity contribution in [2.24, 2.45) is 0 Å². The van der Waals surface area contributed by atoms with Crippen molar-refractivity contribution in [2.75, 3.05) is 4.81 Å². The summed E-state index contributed by atoms with van der Waals surface area (Å²) in [6.45, 7) is 26.7. The van der Waals surface area contributed by atoms with E-state index >= 15 is 0 Å². The number of thiophene rings is 1. The van der Waals surface area contributed by atoms with Gasteiger partial charge in [0.25, 0.3) is 0 Å². The van der Waals surface area contributed by atoms with E-state index in [4.69, 9.17) is 4.42 Å². The second-order valence-corrected chi connectivity index (χ2v) is 25.6. The third-order valence-corrected chi connectivity index (χ3v) is 18.8. The van der Waals surface area contributed by atoms with Gasteiger partial charge in [-0.25, -0.2) is 0 Å². The van der Waals surface area contributed by atoms with E-state index in [0.29, 0.717) is 0 Å². The second-order valence-electron chi connectivity index (χ2n) is 24.6. The van der Waals surface area contributed by atoms with Crippen LogP contribution in [0.2, 0.25) is 0 Å². The maximum absolute atomic E-state index is 6.89. The van der Waals surface area contributed by atoms with Crippen molar-refractivity contribution in [3.05, 3.63) is 137 Å². The molecule has 5 heteroatoms. The van der Waals surface area contributed by atoms with Gasteiger partial charge in [-0.1, -0.05) is 125 Å². The van der Waals surface area contributed by atoms with Gasteiger partial charge < -0.3 is 13.8 Å². The van der Waals surface area contributed by atoms with Crippen molar-refractivity contribution in [2.45, 2.75) is 129 Å². The van der Waals surface area contributed by atoms with Crippen molar-refractivity contribution in [3.8, 4) is 16.8 Å². The van der Waals surface area contributed by atoms with Gasteiger partial charge in [0, 0.05) is 69.9 Å². The van der Waals surface area contributed by atoms with Crippen molar-refractivity contribution < 1.29 is 4.42 Å². The Hall–Kier alpha value is -5.78. The van der Waals surface area contributed by atoms with Gasteiger partial charge in [-0.2, -0.15) is 0 Å². The summed E-state index contributed by atoms with van der Waals surface area (Å²) in [5.41, 5.74) is 21.4. The molecule has 0 saturated heterocycles. The minimum atomic E-state index is -0.121. The topological polar surface area (TPSA) is 21.3 Å². The molecule has 0 atom stereocenters. The highest BCUT2D eigenvalue weighted by Gasteiger charge is 2.49. The van der Waals surface area contributed by atoms with Crippen LogP contribution in [0.15, 0.2) is 114 Å². The largest absolute Gasteiger partial charge is 0.456 e. The van der Waals surface area contributed by atoms with Crippen LogP contribution >= 0.6 is 11.3 Å². The van der Waals surface area contributed by atoms with Crippen LogP contribution in [-0.2, 0) is 27.1 Å². The van der Waals surface area contributed by atoms with E-state index in [-0.39, 0.29) is 33.9 Å². The molecule has 5 heterocycles. The van der Waals surface area contributed by atoms with E-state index in [1.165, 1.54) is 139 Å². The molecule has 10 aromatic rings. The molecule has 0 amide bonds. The molecule has 0 unspecified atom stereocenters. The Labute approximate surface area is 398 Å². The first-order valence-electron chi connectivity index (χ1n) is 24.9. The molecule has 2 aliphatic heterocycles. The zero-order valence-electron chi connectivity index (χ0n) is 41.0. The fourth-order valence-corrected chi connectivity index (χ4v) is 14.8. The van der Waals surface area contributed by atoms with Crippen molar-refractivity contribution in [1.29, 1.82) is 0 Å². The normalized spacial score (nSPS) is 18.6. The fraction of sp³-hybridized carbons (Fsp3) is 0.323. The number of aromatic nitrogens is 1. The van der Waals surface area contributed by atoms with Crippen molar-refractivity contribution in [1.82, 2.24) is 4.57 Å². The first kappa shape index (κ1) is 40.3. The smallest absolute Gasteiger partial charge is 0.333 e. The van der Waals surface area contributed by atoms with Crippen LogP contribution in [0.4, 0.5) is 11.4 Å². The fourth-order valence-electron chi connectivity index (χ4n) is 13.5. The molecule has 0 saturated carbocycles. The molecule has 0 bridgehead atoms. The summed E-state index contributed by atoms with van der Waals surface area (Å²) in [7, 11) is 0. The minimum absolute atomic E-state index is 0.0339. The van der Waals surface area contributed by atoms with Gasteiger partial charge in [-0.15, -0.1) is 11.3 Å². The molecular weight excluding hydrogens is 832 g/mol. The van der Waals surface area contributed by atoms with Gasteiger partial charge >= 0.3 is 6.85 Å². The molecule has 332 valence electrons. The van der Waals surface area contributed by atoms with E-state index in [0.717, 1.165) is 17.6 Å². The number of rotatable bonds is 1. The molecular formula is C62H59BN2OS. The lowest BCUT2D eigenvalue weighted by Gasteiger charge is -2.46. The first-order valence-corrected chi connectivity index (χ1v) is 25.7. The molecule has 2 aliphatic carbocycles. The van der Waals surface area contributed by atoms with Crippen molar-refractivity contribution >= 4 is 104 Å². The van der Waals surface area contributed by atoms with Crippen LogP contribution in [0.25, 0.3) is 80.7 Å². The standard InChI is InChI=1S/C62H59BN2OS/c1-58(2,3)34-20-22-35(23-21-34)65-47-32-44-42(60(6,7)25-27-62(44,10)11)29-40(47)54-55-56-52(53-37-17-13-15-19-51(37)67-57(53)54)39-28-41-43(61(8,9)26-24-59(41,4)5)31-46(39)64(56)48-30-38-36-16-12-14-18-49(36)66-50(38)33-45(48)63(55)65/h12-23,28-33H,24-27H2,1-11H3. The zero-order valence-corrected chi connectivity index (χ0v) is 41.8. The van der Waals surface area contributed by atoms with Crippen LogP contribution in [-0.4, -0.2) is 11.4 Å². The van der Waals surface area contributed by atoms with Crippen LogP contribution in [0.5, 0.6) is 0 Å². The summed E-state index contributed by atoms with van der Waals surface area (Å²) in [5.74, 6) is 0. The van der Waals surface area contributed by atoms with E-state index in [1.54, 1.807) is 0 Å². The molecule has 14 rings (SSSR count). The summed E-state index contributed by atoms with van der Waals surface area (Å²) >= 11 is 2.01. The Kier molecular flexibility index (Phi) is 7.61. The average Bonchev–Trinajstić information content (AvgIpc) is 3.97. The zero-order chi connectivity index (χ0) is 46.1. The summed E-state index contributed by atoms with van der Waals surface area (Å²) in [6, 6.07) is 43.1. The van der Waals surface area contributed by atoms with Gasteiger partial charge in [0.2, 0.25) is 0 Å². The number of para-hydroxylation sites is 1. The number of anilines is 2. The Balaban J connectivity index is 1.25. The van der Waals surface area contributed by atoms with Crippen LogP contribution in [0.3, 0.4) is 0 Å². The number of hydrogen-bond acceptors (Lipinski definition) is 3. The first-order chi connectivity index (χ1) is 31.8. The summed E-state index contributed by atoms with van der Waals surface area (Å²) in [4.78, 5) is 2.76. The summed E-state index contributed by atoms with van der Waals surface area (Å²) < 4.78 is 12.4. The van der Waals surface area contributed by atoms with Gasteiger partial charge in [0.05, 0.1) is 11.0 Å². The molecule has 0 spiro atoms. The number of benzene rings is 7. The average molecular weight is 891 g/mol. The Morgan fingerprint density at radius 3 is 1.87 bits per heavy atom. The minimum Gasteiger partial charge on any atom is -0.456 e. The molecule has 3 nitrogen and oxygen atoms in total. The number of fused-ring (bicyclic) bond motifs is 18. The summed E-state index contributed by atoms with van der Waals surface area (Å²) in [6.07, 6.45) is 4.68. The molecule has 0 fully saturated rings. The van der Waals surface area contributed by atoms with Gasteiger partial charge in [-0.3, -0.25) is 0 Å². The van der Waals surface area contributed by atoms with Crippen LogP contribution < -0.4 is 15.7 Å². The monoisotopic (exact) mass is 890 g/mol. The van der Waals surface area contributed by atoms with E-state index in [1.807, 2.05) is 11.3 Å². The highest BCUT2D eigenvalue weighted by atomic mass is 32.1. The number of nitrogens with zero attached hydrogens (tertiary/aromatic N) is 2. The Morgan fingerprint density at radius 2 is 1.18 bits per heavy atom. The van der Waals surface area contributed by atoms with E-state index in [2.05, 4.69) is 195 Å². The van der Waals surface area contributed by atoms with Gasteiger partial charge in [-0.05, 0) is 152 Å². The summed E-state index contributed by atoms with van der Waals surface area (Å²) in [5, 5.41) is 7.89. The SMILES string of the molecule is CC(C)(C)c1ccc(N2B3c4cc5oc6ccccc6c5cc4-n4c5cc6c(cc5c5c7c(sc8ccccc87)c(c3c54)-c3cc4c(cc32)C(C)(C)CCC4(C)C)C(C)(C)CCC6(C)C)cc1. The predicted octanol–water partition coefficient (Wildman–Crippen LogP) is 16.3. The predicted molar refractivity (Wildman–Crippen MR) is 289 cm³/mol. The number of furan rings is 1. The Morgan fingerprint density at radius 1 is 0.567 bits per heavy atom. The third-order valence-electron chi connectivity index (χ3n) is 17.6. The molecule has 3 aromatic heterocycles. The Bertz CT molecular complexity index is 3860. The molecule has 67 heavy (non-hydrogen) atoms. The van der Waals surface area contributed by atoms with Crippen LogP contribution in [0.1, 0.15) is 130 Å². The van der Waals surface area contributed by atoms with E-state index in [9.17, 15) is 0 Å². The van der Waals surface area contributed by atoms with Crippen LogP contribution in [0, 0.1) is 0 Å². The van der Waals surface area contributed by atoms with Crippen molar-refractivity contribution in [3.63, 3.8) is 0 Å². The molecule has 4 aliphatic rings. The maximum atomic E-state index is 6.89. The number of hydrogen-bond donors (Lipinski definition) is 0.